The molecular weight excluding hydrogens is 1060 g/mol. The first-order chi connectivity index (χ1) is 41.2. The summed E-state index contributed by atoms with van der Waals surface area (Å²) in [5.74, 6) is -1.14. The first kappa shape index (κ1) is 61.4. The maximum absolute atomic E-state index is 13.3. The largest absolute Gasteiger partial charge is 0.466 e. The number of nitrogens with zero attached hydrogens (tertiary/aromatic N) is 6. The molecule has 0 spiro atoms. The topological polar surface area (TPSA) is 191 Å². The first-order valence-electron chi connectivity index (χ1n) is 33.6. The fourth-order valence-corrected chi connectivity index (χ4v) is 14.8. The average Bonchev–Trinajstić information content (AvgIpc) is 2.75. The van der Waals surface area contributed by atoms with E-state index in [1.807, 2.05) is 23.8 Å². The normalized spacial score (nSPS) is 21.9. The zero-order valence-electron chi connectivity index (χ0n) is 50.6. The Balaban J connectivity index is 0.000000140. The monoisotopic (exact) mass is 1160 g/mol. The molecule has 17 heteroatoms. The SMILES string of the molecule is CCOC(=O)C1CC=CCC1NC(=O)c1nn(C2CCCCC2)c2c1CCCC2.O=C(NNC1CCCCCCC1)c1nn(-c2ccc(F)cc2)c2c1CCCC2.O=C(NNC1CCCCCCC1)c1nn(C2CCCCC2)c2c1CCCC2. The number of aromatic nitrogens is 6. The Morgan fingerprint density at radius 2 is 0.893 bits per heavy atom. The van der Waals surface area contributed by atoms with Crippen molar-refractivity contribution in [1.82, 2.24) is 56.4 Å². The van der Waals surface area contributed by atoms with E-state index in [0.29, 0.717) is 60.7 Å². The number of allylic oxidation sites excluding steroid dienone is 1. The zero-order valence-corrected chi connectivity index (χ0v) is 50.6. The van der Waals surface area contributed by atoms with Gasteiger partial charge in [-0.05, 0) is 172 Å². The number of amides is 3. The van der Waals surface area contributed by atoms with Gasteiger partial charge in [0.05, 0.1) is 30.3 Å². The molecule has 2 unspecified atom stereocenters. The van der Waals surface area contributed by atoms with E-state index in [1.165, 1.54) is 164 Å². The van der Waals surface area contributed by atoms with Gasteiger partial charge in [0, 0.05) is 51.9 Å². The molecule has 5 N–H and O–H groups in total. The van der Waals surface area contributed by atoms with Crippen LogP contribution in [0.2, 0.25) is 0 Å². The molecule has 8 aliphatic carbocycles. The summed E-state index contributed by atoms with van der Waals surface area (Å²) in [5.41, 5.74) is 22.2. The van der Waals surface area contributed by atoms with Crippen molar-refractivity contribution in [2.24, 2.45) is 5.92 Å². The van der Waals surface area contributed by atoms with Crippen molar-refractivity contribution < 1.29 is 28.3 Å². The summed E-state index contributed by atoms with van der Waals surface area (Å²) in [6, 6.07) is 7.74. The third kappa shape index (κ3) is 15.8. The quantitative estimate of drug-likeness (QED) is 0.0489. The van der Waals surface area contributed by atoms with Gasteiger partial charge >= 0.3 is 5.97 Å². The van der Waals surface area contributed by atoms with Gasteiger partial charge in [-0.3, -0.25) is 39.4 Å². The number of hydrogen-bond acceptors (Lipinski definition) is 10. The lowest BCUT2D eigenvalue weighted by molar-refractivity contribution is -0.149. The summed E-state index contributed by atoms with van der Waals surface area (Å²) in [6.45, 7) is 2.17. The fraction of sp³-hybridized carbons (Fsp3) is 0.687. The number of hydrazine groups is 2. The predicted octanol–water partition coefficient (Wildman–Crippen LogP) is 12.7. The van der Waals surface area contributed by atoms with E-state index in [1.54, 1.807) is 12.1 Å². The molecule has 84 heavy (non-hydrogen) atoms. The molecule has 4 saturated carbocycles. The molecule has 1 aromatic carbocycles. The van der Waals surface area contributed by atoms with Gasteiger partial charge in [0.15, 0.2) is 17.1 Å². The molecule has 0 saturated heterocycles. The number of fused-ring (bicyclic) bond motifs is 3. The molecule has 3 aromatic heterocycles. The van der Waals surface area contributed by atoms with Gasteiger partial charge in [-0.15, -0.1) is 0 Å². The molecular formula is C67H98FN11O5. The van der Waals surface area contributed by atoms with Gasteiger partial charge in [0.1, 0.15) is 5.82 Å². The highest BCUT2D eigenvalue weighted by Crippen LogP contribution is 2.36. The van der Waals surface area contributed by atoms with E-state index < -0.39 is 0 Å². The van der Waals surface area contributed by atoms with Gasteiger partial charge in [0.25, 0.3) is 17.7 Å². The lowest BCUT2D eigenvalue weighted by Gasteiger charge is -2.27. The van der Waals surface area contributed by atoms with Crippen molar-refractivity contribution in [2.45, 2.75) is 281 Å². The van der Waals surface area contributed by atoms with E-state index in [4.69, 9.17) is 14.9 Å². The maximum Gasteiger partial charge on any atom is 0.311 e. The van der Waals surface area contributed by atoms with Crippen molar-refractivity contribution in [3.63, 3.8) is 0 Å². The highest BCUT2D eigenvalue weighted by atomic mass is 19.1. The second-order valence-corrected chi connectivity index (χ2v) is 25.5. The Morgan fingerprint density at radius 3 is 1.39 bits per heavy atom. The molecule has 0 aliphatic heterocycles. The van der Waals surface area contributed by atoms with Gasteiger partial charge in [0.2, 0.25) is 0 Å². The van der Waals surface area contributed by atoms with Gasteiger partial charge < -0.3 is 10.1 Å². The number of esters is 1. The van der Waals surface area contributed by atoms with Crippen LogP contribution in [0.3, 0.4) is 0 Å². The number of halogens is 1. The number of benzene rings is 1. The van der Waals surface area contributed by atoms with Crippen molar-refractivity contribution >= 4 is 23.7 Å². The molecule has 0 radical (unpaired) electrons. The molecule has 0 bridgehead atoms. The third-order valence-corrected chi connectivity index (χ3v) is 19.5. The van der Waals surface area contributed by atoms with Gasteiger partial charge in [-0.25, -0.2) is 19.9 Å². The Morgan fingerprint density at radius 1 is 0.488 bits per heavy atom. The predicted molar refractivity (Wildman–Crippen MR) is 325 cm³/mol. The summed E-state index contributed by atoms with van der Waals surface area (Å²) in [4.78, 5) is 51.4. The molecule has 3 amide bonds. The van der Waals surface area contributed by atoms with Crippen LogP contribution in [0.5, 0.6) is 0 Å². The third-order valence-electron chi connectivity index (χ3n) is 19.5. The minimum atomic E-state index is -0.319. The number of nitrogens with one attached hydrogen (secondary N) is 5. The average molecular weight is 1160 g/mol. The Bertz CT molecular complexity index is 2810. The highest BCUT2D eigenvalue weighted by Gasteiger charge is 2.35. The standard InChI is InChI=1S/C23H33N3O3.C22H29FN4O.C22H36N4O/c1-2-29-23(28)17-12-6-8-14-19(17)24-22(27)21-18-13-7-9-15-20(18)26(25-21)16-10-4-3-5-11-16;23-16-12-14-18(15-13-16)27-20-11-7-6-10-19(20)21(26-27)22(28)25-24-17-8-4-2-1-3-5-9-17;27-22(24-23-17-11-5-2-1-3-6-12-17)21-19-15-9-10-16-20(19)26(25-21)18-13-7-4-8-14-18/h6,8,16-17,19H,2-5,7,9-15H2,1H3,(H,24,27);12-15,17,24H,1-11H2,(H,25,28);17-18,23H,1-16H2,(H,24,27). The summed E-state index contributed by atoms with van der Waals surface area (Å²) in [5, 5.41) is 17.5. The van der Waals surface area contributed by atoms with Crippen LogP contribution in [0.15, 0.2) is 36.4 Å². The van der Waals surface area contributed by atoms with Crippen LogP contribution in [0, 0.1) is 11.7 Å². The van der Waals surface area contributed by atoms with Crippen LogP contribution in [0.25, 0.3) is 5.69 Å². The maximum atomic E-state index is 13.3. The van der Waals surface area contributed by atoms with Gasteiger partial charge in [-0.2, -0.15) is 15.3 Å². The smallest absolute Gasteiger partial charge is 0.311 e. The number of carbonyl (C=O) groups is 4. The summed E-state index contributed by atoms with van der Waals surface area (Å²) in [7, 11) is 0. The van der Waals surface area contributed by atoms with Crippen molar-refractivity contribution in [1.29, 1.82) is 0 Å². The van der Waals surface area contributed by atoms with Crippen LogP contribution < -0.4 is 27.0 Å². The Hall–Kier alpha value is -5.68. The van der Waals surface area contributed by atoms with Gasteiger partial charge in [-0.1, -0.05) is 115 Å². The first-order valence-corrected chi connectivity index (χ1v) is 33.6. The van der Waals surface area contributed by atoms with E-state index in [9.17, 15) is 23.6 Å². The minimum absolute atomic E-state index is 0.0234. The number of hydrogen-bond donors (Lipinski definition) is 5. The molecule has 16 nitrogen and oxygen atoms in total. The minimum Gasteiger partial charge on any atom is -0.466 e. The fourth-order valence-electron chi connectivity index (χ4n) is 14.8. The second-order valence-electron chi connectivity index (χ2n) is 25.5. The summed E-state index contributed by atoms with van der Waals surface area (Å²) < 4.78 is 24.8. The second kappa shape index (κ2) is 31.1. The summed E-state index contributed by atoms with van der Waals surface area (Å²) >= 11 is 0. The molecule has 4 aromatic rings. The summed E-state index contributed by atoms with van der Waals surface area (Å²) in [6.07, 6.45) is 47.8. The van der Waals surface area contributed by atoms with Crippen LogP contribution in [0.1, 0.15) is 290 Å². The Kier molecular flexibility index (Phi) is 22.7. The van der Waals surface area contributed by atoms with E-state index >= 15 is 0 Å². The zero-order chi connectivity index (χ0) is 58.0. The number of rotatable bonds is 13. The highest BCUT2D eigenvalue weighted by molar-refractivity contribution is 5.95. The van der Waals surface area contributed by atoms with Crippen molar-refractivity contribution in [3.05, 3.63) is 93.1 Å². The molecule has 2 atom stereocenters. The lowest BCUT2D eigenvalue weighted by atomic mass is 9.88. The van der Waals surface area contributed by atoms with E-state index in [2.05, 4.69) is 41.5 Å². The van der Waals surface area contributed by atoms with Crippen molar-refractivity contribution in [2.75, 3.05) is 6.61 Å². The van der Waals surface area contributed by atoms with E-state index in [0.717, 1.165) is 119 Å². The molecule has 458 valence electrons. The van der Waals surface area contributed by atoms with Crippen molar-refractivity contribution in [3.8, 4) is 5.69 Å². The lowest BCUT2D eigenvalue weighted by Crippen LogP contribution is -2.45. The number of ether oxygens (including phenoxy) is 1. The van der Waals surface area contributed by atoms with Crippen LogP contribution >= 0.6 is 0 Å². The van der Waals surface area contributed by atoms with Crippen LogP contribution in [0.4, 0.5) is 4.39 Å². The molecule has 3 heterocycles. The Labute approximate surface area is 498 Å². The van der Waals surface area contributed by atoms with E-state index in [-0.39, 0.29) is 41.5 Å². The van der Waals surface area contributed by atoms with Crippen LogP contribution in [-0.2, 0) is 48.1 Å². The molecule has 12 rings (SSSR count). The van der Waals surface area contributed by atoms with Crippen LogP contribution in [-0.4, -0.2) is 77.8 Å². The number of carbonyl (C=O) groups excluding carboxylic acids is 4. The molecule has 8 aliphatic rings. The molecule has 4 fully saturated rings.